The van der Waals surface area contributed by atoms with Crippen molar-refractivity contribution in [3.8, 4) is 0 Å². The summed E-state index contributed by atoms with van der Waals surface area (Å²) in [6.45, 7) is 0.569. The lowest BCUT2D eigenvalue weighted by atomic mass is 10.1. The highest BCUT2D eigenvalue weighted by Gasteiger charge is 2.19. The maximum absolute atomic E-state index is 12.3. The Hall–Kier alpha value is -2.74. The van der Waals surface area contributed by atoms with E-state index in [0.29, 0.717) is 0 Å². The molecule has 0 saturated heterocycles. The molecule has 2 rings (SSSR count). The summed E-state index contributed by atoms with van der Waals surface area (Å²) in [5.41, 5.74) is -0.777. The first kappa shape index (κ1) is 14.7. The standard InChI is InChI=1S/C13H12N2O6/c1-8(17)21-12(7-16)14-6-5-9-10(13(14)18)3-2-4-11(9)15(19)20/h2-6,12,16H,7H2,1H3/t12-/m0/s1. The lowest BCUT2D eigenvalue weighted by molar-refractivity contribution is -0.383. The number of benzene rings is 1. The van der Waals surface area contributed by atoms with Gasteiger partial charge in [-0.15, -0.1) is 0 Å². The van der Waals surface area contributed by atoms with Crippen molar-refractivity contribution in [2.24, 2.45) is 0 Å². The number of rotatable bonds is 4. The van der Waals surface area contributed by atoms with Crippen molar-refractivity contribution in [3.63, 3.8) is 0 Å². The molecule has 21 heavy (non-hydrogen) atoms. The van der Waals surface area contributed by atoms with Gasteiger partial charge in [0.25, 0.3) is 11.2 Å². The van der Waals surface area contributed by atoms with E-state index >= 15 is 0 Å². The Morgan fingerprint density at radius 3 is 2.71 bits per heavy atom. The Morgan fingerprint density at radius 2 is 2.14 bits per heavy atom. The number of aliphatic hydroxyl groups excluding tert-OH is 1. The van der Waals surface area contributed by atoms with Gasteiger partial charge >= 0.3 is 5.97 Å². The zero-order valence-corrected chi connectivity index (χ0v) is 11.1. The van der Waals surface area contributed by atoms with Crippen molar-refractivity contribution in [2.75, 3.05) is 6.61 Å². The van der Waals surface area contributed by atoms with E-state index in [1.807, 2.05) is 0 Å². The number of ether oxygens (including phenoxy) is 1. The number of non-ortho nitro benzene ring substituents is 1. The third-order valence-corrected chi connectivity index (χ3v) is 2.91. The van der Waals surface area contributed by atoms with Crippen LogP contribution in [0.2, 0.25) is 0 Å². The van der Waals surface area contributed by atoms with Gasteiger partial charge in [-0.3, -0.25) is 24.3 Å². The van der Waals surface area contributed by atoms with Gasteiger partial charge < -0.3 is 9.84 Å². The molecule has 0 spiro atoms. The molecule has 0 aliphatic rings. The maximum atomic E-state index is 12.3. The van der Waals surface area contributed by atoms with Gasteiger partial charge in [-0.1, -0.05) is 6.07 Å². The molecule has 1 N–H and O–H groups in total. The first-order valence-corrected chi connectivity index (χ1v) is 6.02. The fourth-order valence-corrected chi connectivity index (χ4v) is 2.04. The Labute approximate surface area is 118 Å². The summed E-state index contributed by atoms with van der Waals surface area (Å²) in [5.74, 6) is -0.653. The molecule has 1 atom stereocenters. The van der Waals surface area contributed by atoms with Crippen molar-refractivity contribution >= 4 is 22.4 Å². The number of carbonyl (C=O) groups excluding carboxylic acids is 1. The number of pyridine rings is 1. The lowest BCUT2D eigenvalue weighted by Crippen LogP contribution is -2.29. The lowest BCUT2D eigenvalue weighted by Gasteiger charge is -2.17. The summed E-state index contributed by atoms with van der Waals surface area (Å²) < 4.78 is 5.85. The quantitative estimate of drug-likeness (QED) is 0.510. The molecule has 0 bridgehead atoms. The molecular formula is C13H12N2O6. The molecule has 1 aromatic heterocycles. The van der Waals surface area contributed by atoms with Crippen LogP contribution >= 0.6 is 0 Å². The molecule has 0 radical (unpaired) electrons. The minimum absolute atomic E-state index is 0.109. The summed E-state index contributed by atoms with van der Waals surface area (Å²) in [7, 11) is 0. The van der Waals surface area contributed by atoms with Gasteiger partial charge in [0, 0.05) is 19.2 Å². The average Bonchev–Trinajstić information content (AvgIpc) is 2.44. The van der Waals surface area contributed by atoms with E-state index in [-0.39, 0.29) is 16.5 Å². The number of fused-ring (bicyclic) bond motifs is 1. The van der Waals surface area contributed by atoms with E-state index in [1.165, 1.54) is 30.5 Å². The minimum Gasteiger partial charge on any atom is -0.439 e. The van der Waals surface area contributed by atoms with E-state index in [1.54, 1.807) is 0 Å². The molecule has 2 aromatic rings. The van der Waals surface area contributed by atoms with Crippen LogP contribution in [0.15, 0.2) is 35.3 Å². The molecule has 1 heterocycles. The van der Waals surface area contributed by atoms with Gasteiger partial charge in [0.15, 0.2) is 0 Å². The molecule has 0 amide bonds. The highest BCUT2D eigenvalue weighted by atomic mass is 16.6. The van der Waals surface area contributed by atoms with Crippen LogP contribution < -0.4 is 5.56 Å². The molecule has 0 saturated carbocycles. The van der Waals surface area contributed by atoms with Crippen molar-refractivity contribution in [3.05, 3.63) is 50.9 Å². The van der Waals surface area contributed by atoms with Gasteiger partial charge in [0.05, 0.1) is 22.3 Å². The monoisotopic (exact) mass is 292 g/mol. The Balaban J connectivity index is 2.64. The fraction of sp³-hybridized carbons (Fsp3) is 0.231. The van der Waals surface area contributed by atoms with Crippen LogP contribution in [0.4, 0.5) is 5.69 Å². The zero-order valence-electron chi connectivity index (χ0n) is 11.1. The van der Waals surface area contributed by atoms with Crippen molar-refractivity contribution in [1.29, 1.82) is 0 Å². The summed E-state index contributed by atoms with van der Waals surface area (Å²) in [6.07, 6.45) is 0.0836. The number of carbonyl (C=O) groups is 1. The third kappa shape index (κ3) is 2.75. The predicted octanol–water partition coefficient (Wildman–Crippen LogP) is 0.964. The van der Waals surface area contributed by atoms with Gasteiger partial charge in [-0.2, -0.15) is 0 Å². The fourth-order valence-electron chi connectivity index (χ4n) is 2.04. The van der Waals surface area contributed by atoms with Crippen molar-refractivity contribution < 1.29 is 19.6 Å². The molecule has 110 valence electrons. The van der Waals surface area contributed by atoms with Gasteiger partial charge in [-0.05, 0) is 12.1 Å². The van der Waals surface area contributed by atoms with Crippen molar-refractivity contribution in [1.82, 2.24) is 4.57 Å². The molecule has 0 aliphatic carbocycles. The molecule has 8 heteroatoms. The summed E-state index contributed by atoms with van der Waals surface area (Å²) in [5, 5.41) is 20.4. The summed E-state index contributed by atoms with van der Waals surface area (Å²) >= 11 is 0. The van der Waals surface area contributed by atoms with E-state index < -0.39 is 29.3 Å². The second kappa shape index (κ2) is 5.71. The molecular weight excluding hydrogens is 280 g/mol. The maximum Gasteiger partial charge on any atom is 0.304 e. The van der Waals surface area contributed by atoms with Gasteiger partial charge in [0.1, 0.15) is 0 Å². The Morgan fingerprint density at radius 1 is 1.43 bits per heavy atom. The first-order chi connectivity index (χ1) is 9.95. The summed E-state index contributed by atoms with van der Waals surface area (Å²) in [6, 6.07) is 5.50. The second-order valence-corrected chi connectivity index (χ2v) is 4.27. The van der Waals surface area contributed by atoms with Crippen LogP contribution in [-0.4, -0.2) is 27.2 Å². The molecule has 0 unspecified atom stereocenters. The first-order valence-electron chi connectivity index (χ1n) is 6.02. The smallest absolute Gasteiger partial charge is 0.304 e. The molecule has 8 nitrogen and oxygen atoms in total. The molecule has 0 aliphatic heterocycles. The van der Waals surface area contributed by atoms with Crippen LogP contribution in [0.1, 0.15) is 13.2 Å². The van der Waals surface area contributed by atoms with E-state index in [2.05, 4.69) is 0 Å². The summed E-state index contributed by atoms with van der Waals surface area (Å²) in [4.78, 5) is 33.6. The SMILES string of the molecule is CC(=O)O[C@@H](CO)n1ccc2c([N+](=O)[O-])cccc2c1=O. The number of hydrogen-bond donors (Lipinski definition) is 1. The highest BCUT2D eigenvalue weighted by molar-refractivity contribution is 5.89. The van der Waals surface area contributed by atoms with E-state index in [4.69, 9.17) is 4.74 Å². The van der Waals surface area contributed by atoms with E-state index in [9.17, 15) is 24.8 Å². The number of nitrogens with zero attached hydrogens (tertiary/aromatic N) is 2. The number of nitro benzene ring substituents is 1. The second-order valence-electron chi connectivity index (χ2n) is 4.27. The van der Waals surface area contributed by atoms with Crippen LogP contribution in [0, 0.1) is 10.1 Å². The number of aromatic nitrogens is 1. The predicted molar refractivity (Wildman–Crippen MR) is 72.8 cm³/mol. The number of hydrogen-bond acceptors (Lipinski definition) is 6. The number of esters is 1. The largest absolute Gasteiger partial charge is 0.439 e. The molecule has 0 fully saturated rings. The van der Waals surface area contributed by atoms with Gasteiger partial charge in [0.2, 0.25) is 6.23 Å². The van der Waals surface area contributed by atoms with Crippen molar-refractivity contribution in [2.45, 2.75) is 13.2 Å². The Bertz CT molecular complexity index is 767. The normalized spacial score (nSPS) is 12.1. The zero-order chi connectivity index (χ0) is 15.6. The number of aliphatic hydroxyl groups is 1. The third-order valence-electron chi connectivity index (χ3n) is 2.91. The minimum atomic E-state index is -1.17. The van der Waals surface area contributed by atoms with Crippen LogP contribution in [0.25, 0.3) is 10.8 Å². The molecule has 1 aromatic carbocycles. The van der Waals surface area contributed by atoms with Gasteiger partial charge in [-0.25, -0.2) is 0 Å². The topological polar surface area (TPSA) is 112 Å². The van der Waals surface area contributed by atoms with Crippen LogP contribution in [0.5, 0.6) is 0 Å². The number of nitro groups is 1. The average molecular weight is 292 g/mol. The van der Waals surface area contributed by atoms with E-state index in [0.717, 1.165) is 11.5 Å². The Kier molecular flexibility index (Phi) is 3.99. The highest BCUT2D eigenvalue weighted by Crippen LogP contribution is 2.23. The van der Waals surface area contributed by atoms with Crippen LogP contribution in [-0.2, 0) is 9.53 Å². The van der Waals surface area contributed by atoms with Crippen LogP contribution in [0.3, 0.4) is 0 Å².